The zero-order chi connectivity index (χ0) is 13.9. The second-order valence-corrected chi connectivity index (χ2v) is 4.98. The van der Waals surface area contributed by atoms with Crippen LogP contribution in [0.25, 0.3) is 11.4 Å². The number of nitrogens with zero attached hydrogens (tertiary/aromatic N) is 3. The van der Waals surface area contributed by atoms with Crippen LogP contribution in [0.4, 0.5) is 11.5 Å². The molecule has 1 aliphatic heterocycles. The monoisotopic (exact) mass is 290 g/mol. The van der Waals surface area contributed by atoms with E-state index in [2.05, 4.69) is 14.9 Å². The summed E-state index contributed by atoms with van der Waals surface area (Å²) in [5, 5.41) is 0.430. The zero-order valence-electron chi connectivity index (χ0n) is 10.9. The summed E-state index contributed by atoms with van der Waals surface area (Å²) in [6.45, 7) is 3.03. The highest BCUT2D eigenvalue weighted by Crippen LogP contribution is 2.24. The van der Waals surface area contributed by atoms with E-state index in [1.165, 1.54) is 0 Å². The summed E-state index contributed by atoms with van der Waals surface area (Å²) in [5.41, 5.74) is 7.34. The van der Waals surface area contributed by atoms with Gasteiger partial charge in [-0.25, -0.2) is 9.97 Å². The van der Waals surface area contributed by atoms with Crippen LogP contribution in [0.15, 0.2) is 30.3 Å². The molecule has 1 saturated heterocycles. The molecule has 0 amide bonds. The van der Waals surface area contributed by atoms with E-state index >= 15 is 0 Å². The first-order valence-corrected chi connectivity index (χ1v) is 6.83. The molecule has 0 aliphatic carbocycles. The lowest BCUT2D eigenvalue weighted by Crippen LogP contribution is -2.36. The van der Waals surface area contributed by atoms with Crippen molar-refractivity contribution < 1.29 is 4.74 Å². The lowest BCUT2D eigenvalue weighted by atomic mass is 10.2. The fourth-order valence-electron chi connectivity index (χ4n) is 2.17. The summed E-state index contributed by atoms with van der Waals surface area (Å²) in [5.74, 6) is 1.41. The van der Waals surface area contributed by atoms with Gasteiger partial charge in [0.05, 0.1) is 13.2 Å². The van der Waals surface area contributed by atoms with Gasteiger partial charge in [-0.05, 0) is 12.1 Å². The Hall–Kier alpha value is -1.85. The fourth-order valence-corrected chi connectivity index (χ4v) is 2.34. The van der Waals surface area contributed by atoms with E-state index in [4.69, 9.17) is 22.1 Å². The Morgan fingerprint density at radius 3 is 2.70 bits per heavy atom. The predicted octanol–water partition coefficient (Wildman–Crippen LogP) is 2.22. The summed E-state index contributed by atoms with van der Waals surface area (Å²) in [6, 6.07) is 9.25. The first kappa shape index (κ1) is 13.1. The van der Waals surface area contributed by atoms with Crippen LogP contribution in [0.3, 0.4) is 0 Å². The number of ether oxygens (including phenoxy) is 1. The maximum Gasteiger partial charge on any atom is 0.163 e. The molecule has 1 aliphatic rings. The largest absolute Gasteiger partial charge is 0.399 e. The number of nitrogen functional groups attached to an aromatic ring is 1. The van der Waals surface area contributed by atoms with Crippen molar-refractivity contribution in [2.24, 2.45) is 0 Å². The Labute approximate surface area is 122 Å². The van der Waals surface area contributed by atoms with Gasteiger partial charge in [0.15, 0.2) is 5.82 Å². The van der Waals surface area contributed by atoms with E-state index in [-0.39, 0.29) is 0 Å². The summed E-state index contributed by atoms with van der Waals surface area (Å²) in [7, 11) is 0. The number of anilines is 2. The van der Waals surface area contributed by atoms with Crippen LogP contribution >= 0.6 is 11.6 Å². The minimum atomic E-state index is 0.430. The van der Waals surface area contributed by atoms with Crippen molar-refractivity contribution in [3.63, 3.8) is 0 Å². The van der Waals surface area contributed by atoms with Crippen molar-refractivity contribution in [3.8, 4) is 11.4 Å². The summed E-state index contributed by atoms with van der Waals surface area (Å²) >= 11 is 6.12. The van der Waals surface area contributed by atoms with Crippen LogP contribution in [0.5, 0.6) is 0 Å². The highest BCUT2D eigenvalue weighted by molar-refractivity contribution is 6.29. The Kier molecular flexibility index (Phi) is 3.71. The van der Waals surface area contributed by atoms with Crippen molar-refractivity contribution in [1.82, 2.24) is 9.97 Å². The van der Waals surface area contributed by atoms with Crippen LogP contribution < -0.4 is 10.6 Å². The molecule has 20 heavy (non-hydrogen) atoms. The molecule has 0 bridgehead atoms. The van der Waals surface area contributed by atoms with Gasteiger partial charge in [0.25, 0.3) is 0 Å². The maximum atomic E-state index is 6.12. The Morgan fingerprint density at radius 1 is 1.15 bits per heavy atom. The molecular formula is C14H15ClN4O. The van der Waals surface area contributed by atoms with Crippen molar-refractivity contribution in [2.45, 2.75) is 0 Å². The van der Waals surface area contributed by atoms with Gasteiger partial charge < -0.3 is 15.4 Å². The number of nitrogens with two attached hydrogens (primary N) is 1. The normalized spacial score (nSPS) is 15.3. The molecular weight excluding hydrogens is 276 g/mol. The lowest BCUT2D eigenvalue weighted by molar-refractivity contribution is 0.122. The van der Waals surface area contributed by atoms with Gasteiger partial charge >= 0.3 is 0 Å². The minimum Gasteiger partial charge on any atom is -0.399 e. The van der Waals surface area contributed by atoms with Crippen molar-refractivity contribution in [1.29, 1.82) is 0 Å². The third-order valence-electron chi connectivity index (χ3n) is 3.16. The Balaban J connectivity index is 1.97. The van der Waals surface area contributed by atoms with Gasteiger partial charge in [-0.15, -0.1) is 0 Å². The predicted molar refractivity (Wildman–Crippen MR) is 79.9 cm³/mol. The quantitative estimate of drug-likeness (QED) is 0.679. The number of morpholine rings is 1. The lowest BCUT2D eigenvalue weighted by Gasteiger charge is -2.28. The molecule has 1 aromatic carbocycles. The Bertz CT molecular complexity index is 614. The van der Waals surface area contributed by atoms with Gasteiger partial charge in [-0.3, -0.25) is 0 Å². The highest BCUT2D eigenvalue weighted by atomic mass is 35.5. The van der Waals surface area contributed by atoms with Crippen LogP contribution in [0.1, 0.15) is 0 Å². The average molecular weight is 291 g/mol. The minimum absolute atomic E-state index is 0.430. The molecule has 104 valence electrons. The first-order chi connectivity index (χ1) is 9.72. The summed E-state index contributed by atoms with van der Waals surface area (Å²) < 4.78 is 5.35. The van der Waals surface area contributed by atoms with Crippen LogP contribution in [0.2, 0.25) is 5.15 Å². The van der Waals surface area contributed by atoms with E-state index in [1.807, 2.05) is 24.3 Å². The number of aromatic nitrogens is 2. The number of hydrogen-bond donors (Lipinski definition) is 1. The molecule has 2 N–H and O–H groups in total. The maximum absolute atomic E-state index is 6.12. The molecule has 0 radical (unpaired) electrons. The third kappa shape index (κ3) is 2.84. The van der Waals surface area contributed by atoms with Crippen molar-refractivity contribution in [2.75, 3.05) is 36.9 Å². The fraction of sp³-hybridized carbons (Fsp3) is 0.286. The first-order valence-electron chi connectivity index (χ1n) is 6.45. The average Bonchev–Trinajstić information content (AvgIpc) is 2.47. The molecule has 0 atom stereocenters. The molecule has 2 heterocycles. The van der Waals surface area contributed by atoms with Gasteiger partial charge in [0, 0.05) is 30.4 Å². The van der Waals surface area contributed by atoms with Crippen LogP contribution in [0, 0.1) is 0 Å². The van der Waals surface area contributed by atoms with E-state index in [0.717, 1.165) is 24.5 Å². The topological polar surface area (TPSA) is 64.3 Å². The molecule has 6 heteroatoms. The Morgan fingerprint density at radius 2 is 1.95 bits per heavy atom. The highest BCUT2D eigenvalue weighted by Gasteiger charge is 2.15. The molecule has 2 aromatic rings. The van der Waals surface area contributed by atoms with Gasteiger partial charge in [-0.1, -0.05) is 23.7 Å². The van der Waals surface area contributed by atoms with Crippen LogP contribution in [-0.4, -0.2) is 36.3 Å². The second kappa shape index (κ2) is 5.64. The van der Waals surface area contributed by atoms with Gasteiger partial charge in [0.1, 0.15) is 11.0 Å². The van der Waals surface area contributed by atoms with Gasteiger partial charge in [0.2, 0.25) is 0 Å². The smallest absolute Gasteiger partial charge is 0.163 e. The van der Waals surface area contributed by atoms with E-state index < -0.39 is 0 Å². The molecule has 0 spiro atoms. The summed E-state index contributed by atoms with van der Waals surface area (Å²) in [6.07, 6.45) is 0. The molecule has 0 unspecified atom stereocenters. The second-order valence-electron chi connectivity index (χ2n) is 4.60. The van der Waals surface area contributed by atoms with E-state index in [0.29, 0.717) is 29.9 Å². The van der Waals surface area contributed by atoms with Gasteiger partial charge in [-0.2, -0.15) is 0 Å². The SMILES string of the molecule is Nc1cccc(-c2nc(Cl)cc(N3CCOCC3)n2)c1. The van der Waals surface area contributed by atoms with Crippen molar-refractivity contribution >= 4 is 23.1 Å². The van der Waals surface area contributed by atoms with Crippen molar-refractivity contribution in [3.05, 3.63) is 35.5 Å². The van der Waals surface area contributed by atoms with E-state index in [1.54, 1.807) is 6.07 Å². The number of rotatable bonds is 2. The van der Waals surface area contributed by atoms with Crippen LogP contribution in [-0.2, 0) is 4.74 Å². The number of halogens is 1. The third-order valence-corrected chi connectivity index (χ3v) is 3.35. The molecule has 1 aromatic heterocycles. The molecule has 1 fully saturated rings. The molecule has 3 rings (SSSR count). The molecule has 0 saturated carbocycles. The van der Waals surface area contributed by atoms with E-state index in [9.17, 15) is 0 Å². The number of hydrogen-bond acceptors (Lipinski definition) is 5. The molecule has 5 nitrogen and oxygen atoms in total. The zero-order valence-corrected chi connectivity index (χ0v) is 11.7. The summed E-state index contributed by atoms with van der Waals surface area (Å²) in [4.78, 5) is 11.0. The standard InChI is InChI=1S/C14H15ClN4O/c15-12-9-13(19-4-6-20-7-5-19)18-14(17-12)10-2-1-3-11(16)8-10/h1-3,8-9H,4-7,16H2. The number of benzene rings is 1.